The summed E-state index contributed by atoms with van der Waals surface area (Å²) in [6.45, 7) is 8.10. The van der Waals surface area contributed by atoms with Gasteiger partial charge in [0.1, 0.15) is 12.4 Å². The molecule has 0 spiro atoms. The van der Waals surface area contributed by atoms with Gasteiger partial charge in [0.2, 0.25) is 0 Å². The largest absolute Gasteiger partial charge is 0.489 e. The molecule has 0 aromatic heterocycles. The molecule has 3 rings (SSSR count). The van der Waals surface area contributed by atoms with Crippen molar-refractivity contribution in [2.75, 3.05) is 0 Å². The van der Waals surface area contributed by atoms with Crippen molar-refractivity contribution in [3.05, 3.63) is 107 Å². The Kier molecular flexibility index (Phi) is 6.54. The van der Waals surface area contributed by atoms with Gasteiger partial charge in [-0.1, -0.05) is 73.7 Å². The van der Waals surface area contributed by atoms with Crippen LogP contribution in [0.4, 0.5) is 0 Å². The molecule has 2 heteroatoms. The third-order valence-corrected chi connectivity index (χ3v) is 4.96. The fourth-order valence-corrected chi connectivity index (χ4v) is 3.41. The Morgan fingerprint density at radius 2 is 1.63 bits per heavy atom. The first-order valence-electron chi connectivity index (χ1n) is 9.75. The van der Waals surface area contributed by atoms with Crippen LogP contribution in [0.2, 0.25) is 0 Å². The molecule has 0 saturated carbocycles. The summed E-state index contributed by atoms with van der Waals surface area (Å²) in [6, 6.07) is 21.3. The number of ether oxygens (including phenoxy) is 1. The standard InChI is InChI=1S/C25H29NO/c1-4-5-16-25(27-19-23-14-10-7-11-15-23)24-17-20(2)26(21(24)3)18-22-12-8-6-9-13-22/h5-17,21H,4,18-19H2,1-3H3/b16-5-,25-24+. The zero-order valence-corrected chi connectivity index (χ0v) is 16.6. The summed E-state index contributed by atoms with van der Waals surface area (Å²) >= 11 is 0. The first-order chi connectivity index (χ1) is 13.2. The van der Waals surface area contributed by atoms with Gasteiger partial charge in [-0.2, -0.15) is 0 Å². The van der Waals surface area contributed by atoms with Crippen LogP contribution in [-0.2, 0) is 17.9 Å². The summed E-state index contributed by atoms with van der Waals surface area (Å²) in [5.74, 6) is 0.975. The molecular weight excluding hydrogens is 330 g/mol. The van der Waals surface area contributed by atoms with Gasteiger partial charge in [-0.3, -0.25) is 0 Å². The Bertz CT molecular complexity index is 818. The molecule has 0 saturated heterocycles. The number of hydrogen-bond acceptors (Lipinski definition) is 2. The van der Waals surface area contributed by atoms with Crippen molar-refractivity contribution in [2.45, 2.75) is 46.4 Å². The molecule has 0 aliphatic carbocycles. The van der Waals surface area contributed by atoms with Gasteiger partial charge in [0.05, 0.1) is 6.04 Å². The maximum Gasteiger partial charge on any atom is 0.124 e. The van der Waals surface area contributed by atoms with Crippen LogP contribution in [-0.4, -0.2) is 10.9 Å². The van der Waals surface area contributed by atoms with Crippen molar-refractivity contribution < 1.29 is 4.74 Å². The lowest BCUT2D eigenvalue weighted by Crippen LogP contribution is -2.27. The van der Waals surface area contributed by atoms with E-state index in [1.165, 1.54) is 22.4 Å². The molecule has 1 aliphatic heterocycles. The average molecular weight is 360 g/mol. The lowest BCUT2D eigenvalue weighted by atomic mass is 10.1. The van der Waals surface area contributed by atoms with Crippen molar-refractivity contribution in [3.8, 4) is 0 Å². The quantitative estimate of drug-likeness (QED) is 0.543. The fourth-order valence-electron chi connectivity index (χ4n) is 3.41. The first-order valence-corrected chi connectivity index (χ1v) is 9.75. The first kappa shape index (κ1) is 19.0. The van der Waals surface area contributed by atoms with Gasteiger partial charge in [-0.15, -0.1) is 0 Å². The zero-order valence-electron chi connectivity index (χ0n) is 16.6. The molecule has 1 heterocycles. The lowest BCUT2D eigenvalue weighted by molar-refractivity contribution is 0.203. The molecule has 1 atom stereocenters. The molecule has 2 aromatic carbocycles. The zero-order chi connectivity index (χ0) is 19.1. The van der Waals surface area contributed by atoms with Crippen LogP contribution in [0.15, 0.2) is 95.9 Å². The van der Waals surface area contributed by atoms with Crippen LogP contribution in [0.25, 0.3) is 0 Å². The number of nitrogens with zero attached hydrogens (tertiary/aromatic N) is 1. The van der Waals surface area contributed by atoms with Crippen molar-refractivity contribution >= 4 is 0 Å². The van der Waals surface area contributed by atoms with Crippen LogP contribution >= 0.6 is 0 Å². The molecule has 0 N–H and O–H groups in total. The lowest BCUT2D eigenvalue weighted by Gasteiger charge is -2.27. The number of benzene rings is 2. The minimum atomic E-state index is 0.289. The normalized spacial score (nSPS) is 18.7. The molecule has 140 valence electrons. The van der Waals surface area contributed by atoms with Gasteiger partial charge in [0.15, 0.2) is 0 Å². The van der Waals surface area contributed by atoms with Crippen LogP contribution in [0.5, 0.6) is 0 Å². The Labute approximate surface area is 163 Å². The van der Waals surface area contributed by atoms with E-state index in [2.05, 4.69) is 98.5 Å². The van der Waals surface area contributed by atoms with Gasteiger partial charge in [0, 0.05) is 17.8 Å². The van der Waals surface area contributed by atoms with Crippen molar-refractivity contribution in [1.29, 1.82) is 0 Å². The predicted octanol–water partition coefficient (Wildman–Crippen LogP) is 6.23. The molecule has 0 amide bonds. The minimum absolute atomic E-state index is 0.289. The van der Waals surface area contributed by atoms with E-state index in [4.69, 9.17) is 4.74 Å². The molecule has 1 unspecified atom stereocenters. The SMILES string of the molecule is CC/C=C\C(OCc1ccccc1)=C1\C=C(C)N(Cc2ccccc2)C1C. The predicted molar refractivity (Wildman–Crippen MR) is 113 cm³/mol. The number of hydrogen-bond donors (Lipinski definition) is 0. The van der Waals surface area contributed by atoms with Gasteiger partial charge in [0.25, 0.3) is 0 Å². The van der Waals surface area contributed by atoms with Gasteiger partial charge in [-0.25, -0.2) is 0 Å². The summed E-state index contributed by atoms with van der Waals surface area (Å²) in [7, 11) is 0. The van der Waals surface area contributed by atoms with Crippen LogP contribution in [0, 0.1) is 0 Å². The smallest absolute Gasteiger partial charge is 0.124 e. The van der Waals surface area contributed by atoms with E-state index in [0.29, 0.717) is 6.61 Å². The molecule has 0 radical (unpaired) electrons. The summed E-state index contributed by atoms with van der Waals surface area (Å²) in [5.41, 5.74) is 5.05. The minimum Gasteiger partial charge on any atom is -0.489 e. The van der Waals surface area contributed by atoms with Gasteiger partial charge < -0.3 is 9.64 Å². The van der Waals surface area contributed by atoms with Crippen molar-refractivity contribution in [2.24, 2.45) is 0 Å². The Hall–Kier alpha value is -2.74. The second-order valence-corrected chi connectivity index (χ2v) is 6.98. The monoisotopic (exact) mass is 359 g/mol. The summed E-state index contributed by atoms with van der Waals surface area (Å²) in [5, 5.41) is 0. The maximum atomic E-state index is 6.25. The highest BCUT2D eigenvalue weighted by Crippen LogP contribution is 2.31. The highest BCUT2D eigenvalue weighted by atomic mass is 16.5. The van der Waals surface area contributed by atoms with E-state index in [1.807, 2.05) is 6.07 Å². The maximum absolute atomic E-state index is 6.25. The van der Waals surface area contributed by atoms with E-state index in [1.54, 1.807) is 0 Å². The Balaban J connectivity index is 1.81. The molecule has 0 fully saturated rings. The molecule has 2 aromatic rings. The molecule has 27 heavy (non-hydrogen) atoms. The summed E-state index contributed by atoms with van der Waals surface area (Å²) in [4.78, 5) is 2.44. The van der Waals surface area contributed by atoms with E-state index in [-0.39, 0.29) is 6.04 Å². The van der Waals surface area contributed by atoms with Gasteiger partial charge in [-0.05, 0) is 43.5 Å². The summed E-state index contributed by atoms with van der Waals surface area (Å²) < 4.78 is 6.25. The van der Waals surface area contributed by atoms with E-state index in [0.717, 1.165) is 18.7 Å². The molecule has 2 nitrogen and oxygen atoms in total. The molecule has 0 bridgehead atoms. The van der Waals surface area contributed by atoms with E-state index in [9.17, 15) is 0 Å². The Morgan fingerprint density at radius 1 is 1.00 bits per heavy atom. The summed E-state index contributed by atoms with van der Waals surface area (Å²) in [6.07, 6.45) is 7.57. The van der Waals surface area contributed by atoms with Crippen LogP contribution < -0.4 is 0 Å². The average Bonchev–Trinajstić information content (AvgIpc) is 2.98. The van der Waals surface area contributed by atoms with Crippen LogP contribution in [0.3, 0.4) is 0 Å². The fraction of sp³-hybridized carbons (Fsp3) is 0.280. The molecule has 1 aliphatic rings. The number of rotatable bonds is 7. The van der Waals surface area contributed by atoms with Crippen molar-refractivity contribution in [1.82, 2.24) is 4.90 Å². The van der Waals surface area contributed by atoms with Crippen LogP contribution in [0.1, 0.15) is 38.3 Å². The number of allylic oxidation sites excluding steroid dienone is 3. The second-order valence-electron chi connectivity index (χ2n) is 6.98. The third kappa shape index (κ3) is 4.91. The van der Waals surface area contributed by atoms with Gasteiger partial charge >= 0.3 is 0 Å². The highest BCUT2D eigenvalue weighted by molar-refractivity contribution is 5.40. The topological polar surface area (TPSA) is 12.5 Å². The van der Waals surface area contributed by atoms with Crippen molar-refractivity contribution in [3.63, 3.8) is 0 Å². The van der Waals surface area contributed by atoms with E-state index >= 15 is 0 Å². The van der Waals surface area contributed by atoms with E-state index < -0.39 is 0 Å². The molecular formula is C25H29NO. The Morgan fingerprint density at radius 3 is 2.26 bits per heavy atom. The second kappa shape index (κ2) is 9.27. The highest BCUT2D eigenvalue weighted by Gasteiger charge is 2.26. The third-order valence-electron chi connectivity index (χ3n) is 4.96.